The van der Waals surface area contributed by atoms with Crippen LogP contribution in [0.2, 0.25) is 0 Å². The summed E-state index contributed by atoms with van der Waals surface area (Å²) in [5, 5.41) is 9.16. The molecule has 1 aliphatic heterocycles. The third-order valence-corrected chi connectivity index (χ3v) is 6.60. The number of carbonyl (C=O) groups is 2. The Kier molecular flexibility index (Phi) is 6.91. The molecular weight excluding hydrogens is 434 g/mol. The molecule has 1 aromatic heterocycles. The van der Waals surface area contributed by atoms with E-state index in [1.165, 1.54) is 6.07 Å². The summed E-state index contributed by atoms with van der Waals surface area (Å²) in [6, 6.07) is 8.69. The summed E-state index contributed by atoms with van der Waals surface area (Å²) in [5.41, 5.74) is 1.05. The highest BCUT2D eigenvalue weighted by atomic mass is 16.5. The number of aliphatic hydroxyl groups excluding tert-OH is 1. The normalized spacial score (nSPS) is 18.0. The molecule has 2 aliphatic rings. The Hall–Kier alpha value is -2.97. The lowest BCUT2D eigenvalue weighted by Gasteiger charge is -2.35. The number of rotatable bonds is 6. The molecule has 4 rings (SSSR count). The zero-order valence-corrected chi connectivity index (χ0v) is 20.2. The lowest BCUT2D eigenvalue weighted by Crippen LogP contribution is -2.50. The number of Topliss-reactive ketones (excluding diaryl/α,β-unsaturated/α-hetero) is 1. The molecule has 0 bridgehead atoms. The van der Waals surface area contributed by atoms with Gasteiger partial charge < -0.3 is 14.7 Å². The lowest BCUT2D eigenvalue weighted by molar-refractivity contribution is 0.0613. The molecule has 0 unspecified atom stereocenters. The van der Waals surface area contributed by atoms with Crippen LogP contribution in [-0.2, 0) is 6.42 Å². The molecule has 182 valence electrons. The lowest BCUT2D eigenvalue weighted by atomic mass is 9.75. The van der Waals surface area contributed by atoms with E-state index in [1.54, 1.807) is 33.7 Å². The Morgan fingerprint density at radius 1 is 1.06 bits per heavy atom. The van der Waals surface area contributed by atoms with Crippen LogP contribution in [-0.4, -0.2) is 77.1 Å². The van der Waals surface area contributed by atoms with Crippen molar-refractivity contribution in [3.63, 3.8) is 0 Å². The molecule has 0 spiro atoms. The van der Waals surface area contributed by atoms with E-state index in [9.17, 15) is 14.4 Å². The van der Waals surface area contributed by atoms with Crippen LogP contribution in [0, 0.1) is 5.41 Å². The number of β-amino-alcohol motifs (C(OH)–C–C–N with tert-alkyl or cyclic N) is 1. The molecule has 1 amide bonds. The number of benzene rings is 1. The minimum Gasteiger partial charge on any atom is -0.494 e. The van der Waals surface area contributed by atoms with E-state index in [0.717, 1.165) is 0 Å². The van der Waals surface area contributed by atoms with E-state index in [0.29, 0.717) is 74.9 Å². The van der Waals surface area contributed by atoms with Crippen molar-refractivity contribution in [3.8, 4) is 11.4 Å². The SMILES string of the molecule is CCOc1ccc(-n2c3c(cc(C(=O)N4CCN(CCO)CC4)c2=O)C(=O)CC(C)(C)C3)cc1. The van der Waals surface area contributed by atoms with Gasteiger partial charge in [0.05, 0.1) is 13.2 Å². The molecule has 0 radical (unpaired) electrons. The summed E-state index contributed by atoms with van der Waals surface area (Å²) in [6.07, 6.45) is 0.930. The van der Waals surface area contributed by atoms with Crippen molar-refractivity contribution >= 4 is 11.7 Å². The van der Waals surface area contributed by atoms with E-state index in [-0.39, 0.29) is 29.3 Å². The van der Waals surface area contributed by atoms with Gasteiger partial charge in [0, 0.05) is 56.1 Å². The number of aromatic nitrogens is 1. The van der Waals surface area contributed by atoms with Gasteiger partial charge in [0.2, 0.25) is 0 Å². The molecule has 34 heavy (non-hydrogen) atoms. The van der Waals surface area contributed by atoms with Crippen molar-refractivity contribution < 1.29 is 19.4 Å². The molecule has 8 nitrogen and oxygen atoms in total. The predicted molar refractivity (Wildman–Crippen MR) is 129 cm³/mol. The average Bonchev–Trinajstić information content (AvgIpc) is 2.79. The van der Waals surface area contributed by atoms with Crippen molar-refractivity contribution in [2.45, 2.75) is 33.6 Å². The number of amides is 1. The Bertz CT molecular complexity index is 1130. The Morgan fingerprint density at radius 2 is 1.74 bits per heavy atom. The fourth-order valence-electron chi connectivity index (χ4n) is 4.88. The number of hydrogen-bond donors (Lipinski definition) is 1. The van der Waals surface area contributed by atoms with Gasteiger partial charge in [-0.15, -0.1) is 0 Å². The molecular formula is C26H33N3O5. The molecule has 0 saturated carbocycles. The molecule has 1 aliphatic carbocycles. The molecule has 0 atom stereocenters. The van der Waals surface area contributed by atoms with Crippen LogP contribution in [0.1, 0.15) is 53.6 Å². The van der Waals surface area contributed by atoms with E-state index in [2.05, 4.69) is 4.90 Å². The van der Waals surface area contributed by atoms with E-state index >= 15 is 0 Å². The second-order valence-corrected chi connectivity index (χ2v) is 9.78. The largest absolute Gasteiger partial charge is 0.494 e. The highest BCUT2D eigenvalue weighted by Gasteiger charge is 2.36. The van der Waals surface area contributed by atoms with Crippen LogP contribution in [0.4, 0.5) is 0 Å². The van der Waals surface area contributed by atoms with Gasteiger partial charge in [-0.1, -0.05) is 13.8 Å². The van der Waals surface area contributed by atoms with Crippen LogP contribution in [0.25, 0.3) is 5.69 Å². The Labute approximate surface area is 199 Å². The predicted octanol–water partition coefficient (Wildman–Crippen LogP) is 2.14. The maximum Gasteiger partial charge on any atom is 0.268 e. The zero-order chi connectivity index (χ0) is 24.5. The van der Waals surface area contributed by atoms with E-state index in [4.69, 9.17) is 9.84 Å². The number of hydrogen-bond acceptors (Lipinski definition) is 6. The third kappa shape index (κ3) is 4.79. The quantitative estimate of drug-likeness (QED) is 0.700. The second-order valence-electron chi connectivity index (χ2n) is 9.78. The molecule has 2 aromatic rings. The van der Waals surface area contributed by atoms with E-state index < -0.39 is 5.56 Å². The zero-order valence-electron chi connectivity index (χ0n) is 20.2. The molecule has 8 heteroatoms. The maximum atomic E-state index is 13.8. The van der Waals surface area contributed by atoms with Crippen LogP contribution in [0.15, 0.2) is 35.1 Å². The number of aliphatic hydroxyl groups is 1. The topological polar surface area (TPSA) is 92.1 Å². The van der Waals surface area contributed by atoms with Crippen molar-refractivity contribution in [1.82, 2.24) is 14.4 Å². The summed E-state index contributed by atoms with van der Waals surface area (Å²) < 4.78 is 7.08. The molecule has 1 saturated heterocycles. The Morgan fingerprint density at radius 3 is 2.35 bits per heavy atom. The third-order valence-electron chi connectivity index (χ3n) is 6.60. The van der Waals surface area contributed by atoms with Crippen LogP contribution in [0.3, 0.4) is 0 Å². The molecule has 2 heterocycles. The first kappa shape index (κ1) is 24.2. The summed E-state index contributed by atoms with van der Waals surface area (Å²) in [6.45, 7) is 9.33. The number of nitrogens with zero attached hydrogens (tertiary/aromatic N) is 3. The fraction of sp³-hybridized carbons (Fsp3) is 0.500. The fourth-order valence-corrected chi connectivity index (χ4v) is 4.88. The first-order valence-corrected chi connectivity index (χ1v) is 11.9. The van der Waals surface area contributed by atoms with Crippen molar-refractivity contribution in [1.29, 1.82) is 0 Å². The maximum absolute atomic E-state index is 13.8. The van der Waals surface area contributed by atoms with Crippen LogP contribution >= 0.6 is 0 Å². The number of carbonyl (C=O) groups excluding carboxylic acids is 2. The van der Waals surface area contributed by atoms with Gasteiger partial charge in [0.15, 0.2) is 5.78 Å². The summed E-state index contributed by atoms with van der Waals surface area (Å²) in [4.78, 5) is 44.0. The van der Waals surface area contributed by atoms with Gasteiger partial charge in [0.1, 0.15) is 11.3 Å². The Balaban J connectivity index is 1.78. The van der Waals surface area contributed by atoms with Gasteiger partial charge in [-0.05, 0) is 49.1 Å². The van der Waals surface area contributed by atoms with Crippen molar-refractivity contribution in [2.24, 2.45) is 5.41 Å². The van der Waals surface area contributed by atoms with Crippen molar-refractivity contribution in [2.75, 3.05) is 45.9 Å². The number of pyridine rings is 1. The van der Waals surface area contributed by atoms with E-state index in [1.807, 2.05) is 20.8 Å². The first-order valence-electron chi connectivity index (χ1n) is 11.9. The first-order chi connectivity index (χ1) is 16.2. The monoisotopic (exact) mass is 467 g/mol. The number of fused-ring (bicyclic) bond motifs is 1. The van der Waals surface area contributed by atoms with Crippen LogP contribution < -0.4 is 10.3 Å². The summed E-state index contributed by atoms with van der Waals surface area (Å²) in [7, 11) is 0. The molecule has 1 aromatic carbocycles. The number of piperazine rings is 1. The highest BCUT2D eigenvalue weighted by molar-refractivity contribution is 6.02. The van der Waals surface area contributed by atoms with Gasteiger partial charge >= 0.3 is 0 Å². The highest BCUT2D eigenvalue weighted by Crippen LogP contribution is 2.35. The smallest absolute Gasteiger partial charge is 0.268 e. The van der Waals surface area contributed by atoms with Gasteiger partial charge in [-0.3, -0.25) is 23.9 Å². The van der Waals surface area contributed by atoms with Crippen LogP contribution in [0.5, 0.6) is 5.75 Å². The van der Waals surface area contributed by atoms with Gasteiger partial charge in [0.25, 0.3) is 11.5 Å². The van der Waals surface area contributed by atoms with Gasteiger partial charge in [-0.2, -0.15) is 0 Å². The number of ether oxygens (including phenoxy) is 1. The standard InChI is InChI=1S/C26H33N3O5/c1-4-34-19-7-5-18(6-8-19)29-22-16-26(2,3)17-23(31)20(22)15-21(25(29)33)24(32)28-11-9-27(10-12-28)13-14-30/h5-8,15,30H,4,9-14,16-17H2,1-3H3. The second kappa shape index (κ2) is 9.72. The summed E-state index contributed by atoms with van der Waals surface area (Å²) >= 11 is 0. The molecule has 1 fully saturated rings. The minimum atomic E-state index is -0.406. The van der Waals surface area contributed by atoms with Gasteiger partial charge in [-0.25, -0.2) is 0 Å². The summed E-state index contributed by atoms with van der Waals surface area (Å²) in [5.74, 6) is 0.291. The molecule has 1 N–H and O–H groups in total. The number of ketones is 1. The minimum absolute atomic E-state index is 0.0244. The van der Waals surface area contributed by atoms with Crippen molar-refractivity contribution in [3.05, 3.63) is 57.5 Å². The average molecular weight is 468 g/mol.